The van der Waals surface area contributed by atoms with E-state index in [1.165, 1.54) is 18.3 Å². The fraction of sp³-hybridized carbons (Fsp3) is 0.545. The van der Waals surface area contributed by atoms with Crippen LogP contribution < -0.4 is 10.5 Å². The van der Waals surface area contributed by atoms with E-state index in [-0.39, 0.29) is 17.3 Å². The van der Waals surface area contributed by atoms with Gasteiger partial charge in [-0.1, -0.05) is 0 Å². The van der Waals surface area contributed by atoms with Crippen LogP contribution in [0.2, 0.25) is 0 Å². The van der Waals surface area contributed by atoms with E-state index in [1.54, 1.807) is 0 Å². The molecule has 0 saturated carbocycles. The highest BCUT2D eigenvalue weighted by atomic mass is 32.2. The molecule has 0 atom stereocenters. The van der Waals surface area contributed by atoms with Crippen molar-refractivity contribution in [3.63, 3.8) is 0 Å². The fourth-order valence-electron chi connectivity index (χ4n) is 1.28. The van der Waals surface area contributed by atoms with Crippen LogP contribution >= 0.6 is 0 Å². The molecule has 0 radical (unpaired) electrons. The van der Waals surface area contributed by atoms with Gasteiger partial charge in [-0.25, -0.2) is 18.1 Å². The van der Waals surface area contributed by atoms with Crippen molar-refractivity contribution in [3.8, 4) is 0 Å². The average molecular weight is 288 g/mol. The molecule has 1 aromatic rings. The number of anilines is 1. The van der Waals surface area contributed by atoms with Crippen LogP contribution in [-0.2, 0) is 14.8 Å². The summed E-state index contributed by atoms with van der Waals surface area (Å²) in [5.41, 5.74) is 5.45. The Morgan fingerprint density at radius 3 is 2.79 bits per heavy atom. The Hall–Kier alpha value is -1.22. The number of nitrogens with one attached hydrogen (secondary N) is 1. The summed E-state index contributed by atoms with van der Waals surface area (Å²) in [6.45, 7) is 1.91. The normalized spacial score (nSPS) is 11.9. The largest absolute Gasteiger partial charge is 0.384 e. The Kier molecular flexibility index (Phi) is 6.16. The molecule has 0 aliphatic carbocycles. The van der Waals surface area contributed by atoms with E-state index in [2.05, 4.69) is 9.71 Å². The van der Waals surface area contributed by atoms with Crippen molar-refractivity contribution < 1.29 is 13.2 Å². The van der Waals surface area contributed by atoms with Crippen LogP contribution in [0.1, 0.15) is 0 Å². The van der Waals surface area contributed by atoms with Gasteiger partial charge < -0.3 is 15.4 Å². The molecule has 0 aromatic carbocycles. The molecule has 0 saturated heterocycles. The minimum Gasteiger partial charge on any atom is -0.384 e. The second kappa shape index (κ2) is 7.39. The number of nitrogens with two attached hydrogens (primary N) is 1. The molecule has 19 heavy (non-hydrogen) atoms. The van der Waals surface area contributed by atoms with Gasteiger partial charge in [-0.3, -0.25) is 0 Å². The highest BCUT2D eigenvalue weighted by Gasteiger charge is 2.13. The van der Waals surface area contributed by atoms with E-state index >= 15 is 0 Å². The predicted molar refractivity (Wildman–Crippen MR) is 73.2 cm³/mol. The highest BCUT2D eigenvalue weighted by molar-refractivity contribution is 7.89. The average Bonchev–Trinajstić information content (AvgIpc) is 2.33. The van der Waals surface area contributed by atoms with E-state index in [0.717, 1.165) is 6.54 Å². The summed E-state index contributed by atoms with van der Waals surface area (Å²) in [5.74, 6) is 0.171. The van der Waals surface area contributed by atoms with Gasteiger partial charge in [0.05, 0.1) is 18.1 Å². The number of pyridine rings is 1. The van der Waals surface area contributed by atoms with E-state index in [1.807, 2.05) is 19.0 Å². The van der Waals surface area contributed by atoms with Crippen molar-refractivity contribution >= 4 is 15.8 Å². The first-order chi connectivity index (χ1) is 8.92. The summed E-state index contributed by atoms with van der Waals surface area (Å²) in [4.78, 5) is 5.84. The summed E-state index contributed by atoms with van der Waals surface area (Å²) < 4.78 is 31.5. The molecular formula is C11H20N4O3S. The summed E-state index contributed by atoms with van der Waals surface area (Å²) in [7, 11) is 0.342. The van der Waals surface area contributed by atoms with Gasteiger partial charge in [0, 0.05) is 25.4 Å². The molecule has 0 spiro atoms. The van der Waals surface area contributed by atoms with Gasteiger partial charge in [-0.05, 0) is 20.2 Å². The molecule has 0 fully saturated rings. The zero-order valence-corrected chi connectivity index (χ0v) is 12.0. The number of rotatable bonds is 8. The summed E-state index contributed by atoms with van der Waals surface area (Å²) in [6.07, 6.45) is 1.36. The van der Waals surface area contributed by atoms with Crippen molar-refractivity contribution in [2.24, 2.45) is 0 Å². The summed E-state index contributed by atoms with van der Waals surface area (Å²) in [6, 6.07) is 2.71. The van der Waals surface area contributed by atoms with Crippen molar-refractivity contribution in [1.29, 1.82) is 0 Å². The maximum Gasteiger partial charge on any atom is 0.240 e. The van der Waals surface area contributed by atoms with E-state index in [0.29, 0.717) is 13.2 Å². The first kappa shape index (κ1) is 15.8. The van der Waals surface area contributed by atoms with Crippen LogP contribution in [0.25, 0.3) is 0 Å². The first-order valence-electron chi connectivity index (χ1n) is 5.85. The second-order valence-corrected chi connectivity index (χ2v) is 6.00. The Labute approximate surface area is 113 Å². The lowest BCUT2D eigenvalue weighted by Crippen LogP contribution is -2.28. The fourth-order valence-corrected chi connectivity index (χ4v) is 2.31. The van der Waals surface area contributed by atoms with E-state index < -0.39 is 10.0 Å². The molecule has 3 N–H and O–H groups in total. The van der Waals surface area contributed by atoms with Crippen LogP contribution in [0.5, 0.6) is 0 Å². The Bertz CT molecular complexity index is 490. The van der Waals surface area contributed by atoms with Gasteiger partial charge in [-0.2, -0.15) is 0 Å². The molecule has 108 valence electrons. The second-order valence-electron chi connectivity index (χ2n) is 4.23. The number of hydrogen-bond acceptors (Lipinski definition) is 6. The highest BCUT2D eigenvalue weighted by Crippen LogP contribution is 2.09. The van der Waals surface area contributed by atoms with E-state index in [4.69, 9.17) is 10.5 Å². The van der Waals surface area contributed by atoms with Gasteiger partial charge in [-0.15, -0.1) is 0 Å². The molecule has 8 heteroatoms. The van der Waals surface area contributed by atoms with Crippen LogP contribution in [0.4, 0.5) is 5.82 Å². The van der Waals surface area contributed by atoms with Gasteiger partial charge in [0.15, 0.2) is 0 Å². The van der Waals surface area contributed by atoms with Gasteiger partial charge in [0.25, 0.3) is 0 Å². The smallest absolute Gasteiger partial charge is 0.240 e. The molecule has 0 unspecified atom stereocenters. The Morgan fingerprint density at radius 1 is 1.42 bits per heavy atom. The zero-order chi connectivity index (χ0) is 14.3. The van der Waals surface area contributed by atoms with Crippen LogP contribution in [-0.4, -0.2) is 58.7 Å². The van der Waals surface area contributed by atoms with Crippen LogP contribution in [0, 0.1) is 0 Å². The number of hydrogen-bond donors (Lipinski definition) is 2. The number of aromatic nitrogens is 1. The Balaban J connectivity index is 2.36. The predicted octanol–water partition coefficient (Wildman–Crippen LogP) is -0.480. The zero-order valence-electron chi connectivity index (χ0n) is 11.2. The van der Waals surface area contributed by atoms with Crippen molar-refractivity contribution in [1.82, 2.24) is 14.6 Å². The minimum atomic E-state index is -3.55. The first-order valence-corrected chi connectivity index (χ1v) is 7.34. The molecule has 1 aromatic heterocycles. The van der Waals surface area contributed by atoms with Crippen molar-refractivity contribution in [2.75, 3.05) is 46.1 Å². The molecule has 0 aliphatic rings. The molecule has 0 bridgehead atoms. The SMILES string of the molecule is CN(C)CCOCCNS(=O)(=O)c1ccnc(N)c1. The number of sulfonamides is 1. The lowest BCUT2D eigenvalue weighted by molar-refractivity contribution is 0.122. The van der Waals surface area contributed by atoms with Crippen LogP contribution in [0.3, 0.4) is 0 Å². The molecule has 0 aliphatic heterocycles. The van der Waals surface area contributed by atoms with Gasteiger partial charge in [0.1, 0.15) is 5.82 Å². The summed E-state index contributed by atoms with van der Waals surface area (Å²) >= 11 is 0. The maximum atomic E-state index is 11.9. The third-order valence-corrected chi connectivity index (χ3v) is 3.74. The number of likely N-dealkylation sites (N-methyl/N-ethyl adjacent to an activating group) is 1. The number of nitrogens with zero attached hydrogens (tertiary/aromatic N) is 2. The quantitative estimate of drug-likeness (QED) is 0.627. The monoisotopic (exact) mass is 288 g/mol. The molecule has 1 rings (SSSR count). The minimum absolute atomic E-state index is 0.105. The topological polar surface area (TPSA) is 97.5 Å². The third-order valence-electron chi connectivity index (χ3n) is 2.28. The number of ether oxygens (including phenoxy) is 1. The summed E-state index contributed by atoms with van der Waals surface area (Å²) in [5, 5.41) is 0. The van der Waals surface area contributed by atoms with Crippen molar-refractivity contribution in [3.05, 3.63) is 18.3 Å². The lowest BCUT2D eigenvalue weighted by Gasteiger charge is -2.10. The van der Waals surface area contributed by atoms with Gasteiger partial charge in [0.2, 0.25) is 10.0 Å². The maximum absolute atomic E-state index is 11.9. The number of nitrogen functional groups attached to an aromatic ring is 1. The third kappa shape index (κ3) is 5.97. The molecule has 1 heterocycles. The molecule has 0 amide bonds. The van der Waals surface area contributed by atoms with Gasteiger partial charge >= 0.3 is 0 Å². The Morgan fingerprint density at radius 2 is 2.16 bits per heavy atom. The van der Waals surface area contributed by atoms with E-state index in [9.17, 15) is 8.42 Å². The molecular weight excluding hydrogens is 268 g/mol. The van der Waals surface area contributed by atoms with Crippen LogP contribution in [0.15, 0.2) is 23.2 Å². The molecule has 7 nitrogen and oxygen atoms in total. The standard InChI is InChI=1S/C11H20N4O3S/c1-15(2)6-8-18-7-5-14-19(16,17)10-3-4-13-11(12)9-10/h3-4,9,14H,5-8H2,1-2H3,(H2,12,13). The lowest BCUT2D eigenvalue weighted by atomic mass is 10.5. The van der Waals surface area contributed by atoms with Crippen molar-refractivity contribution in [2.45, 2.75) is 4.90 Å².